The van der Waals surface area contributed by atoms with E-state index in [0.717, 1.165) is 19.0 Å². The first kappa shape index (κ1) is 19.1. The second-order valence-electron chi connectivity index (χ2n) is 6.80. The maximum atomic E-state index is 13.1. The van der Waals surface area contributed by atoms with Gasteiger partial charge in [0, 0.05) is 24.6 Å². The summed E-state index contributed by atoms with van der Waals surface area (Å²) in [6.07, 6.45) is 3.02. The molecule has 5 nitrogen and oxygen atoms in total. The molecule has 0 radical (unpaired) electrons. The number of carbonyl (C=O) groups excluding carboxylic acids is 1. The second kappa shape index (κ2) is 8.84. The molecule has 2 atom stereocenters. The minimum atomic E-state index is -0.390. The Kier molecular flexibility index (Phi) is 6.27. The number of likely N-dealkylation sites (tertiary alicyclic amines) is 1. The standard InChI is InChI=1S/C21H25FN2O3/c1-3-26-19-7-5-4-6-18(19)21(25)24-13-16(9-8-15(24)2)14-27-20-11-10-17(22)12-23-20/h4-7,10-12,15-16H,3,8-9,13-14H2,1-2H3. The summed E-state index contributed by atoms with van der Waals surface area (Å²) >= 11 is 0. The van der Waals surface area contributed by atoms with Crippen molar-refractivity contribution >= 4 is 5.91 Å². The van der Waals surface area contributed by atoms with Crippen LogP contribution in [0.5, 0.6) is 11.6 Å². The number of para-hydroxylation sites is 1. The second-order valence-corrected chi connectivity index (χ2v) is 6.80. The van der Waals surface area contributed by atoms with Gasteiger partial charge in [0.15, 0.2) is 0 Å². The van der Waals surface area contributed by atoms with E-state index >= 15 is 0 Å². The lowest BCUT2D eigenvalue weighted by Crippen LogP contribution is -2.46. The van der Waals surface area contributed by atoms with Gasteiger partial charge in [-0.15, -0.1) is 0 Å². The fourth-order valence-electron chi connectivity index (χ4n) is 3.33. The molecule has 144 valence electrons. The van der Waals surface area contributed by atoms with E-state index in [1.165, 1.54) is 12.1 Å². The van der Waals surface area contributed by atoms with Gasteiger partial charge in [-0.3, -0.25) is 4.79 Å². The van der Waals surface area contributed by atoms with Crippen molar-refractivity contribution in [1.82, 2.24) is 9.88 Å². The normalized spacial score (nSPS) is 19.6. The van der Waals surface area contributed by atoms with Crippen molar-refractivity contribution in [3.8, 4) is 11.6 Å². The van der Waals surface area contributed by atoms with Gasteiger partial charge in [-0.1, -0.05) is 12.1 Å². The van der Waals surface area contributed by atoms with Crippen LogP contribution in [0.4, 0.5) is 4.39 Å². The first-order valence-electron chi connectivity index (χ1n) is 9.35. The highest BCUT2D eigenvalue weighted by molar-refractivity contribution is 5.97. The van der Waals surface area contributed by atoms with Crippen LogP contribution >= 0.6 is 0 Å². The van der Waals surface area contributed by atoms with Crippen LogP contribution in [0.15, 0.2) is 42.6 Å². The van der Waals surface area contributed by atoms with Crippen LogP contribution < -0.4 is 9.47 Å². The molecule has 2 heterocycles. The molecule has 6 heteroatoms. The third-order valence-electron chi connectivity index (χ3n) is 4.82. The van der Waals surface area contributed by atoms with Gasteiger partial charge in [0.25, 0.3) is 5.91 Å². The van der Waals surface area contributed by atoms with Crippen molar-refractivity contribution in [3.05, 3.63) is 54.0 Å². The van der Waals surface area contributed by atoms with Gasteiger partial charge in [-0.25, -0.2) is 9.37 Å². The molecule has 0 N–H and O–H groups in total. The molecular weight excluding hydrogens is 347 g/mol. The van der Waals surface area contributed by atoms with Gasteiger partial charge in [-0.05, 0) is 44.9 Å². The molecule has 1 aromatic heterocycles. The maximum absolute atomic E-state index is 13.1. The lowest BCUT2D eigenvalue weighted by atomic mass is 9.93. The van der Waals surface area contributed by atoms with Gasteiger partial charge in [-0.2, -0.15) is 0 Å². The number of rotatable bonds is 6. The monoisotopic (exact) mass is 372 g/mol. The zero-order chi connectivity index (χ0) is 19.2. The highest BCUT2D eigenvalue weighted by Crippen LogP contribution is 2.27. The number of hydrogen-bond donors (Lipinski definition) is 0. The Morgan fingerprint density at radius 2 is 2.04 bits per heavy atom. The Balaban J connectivity index is 1.66. The van der Waals surface area contributed by atoms with Crippen LogP contribution in [0.25, 0.3) is 0 Å². The van der Waals surface area contributed by atoms with E-state index in [1.54, 1.807) is 0 Å². The summed E-state index contributed by atoms with van der Waals surface area (Å²) < 4.78 is 24.2. The highest BCUT2D eigenvalue weighted by atomic mass is 19.1. The fourth-order valence-corrected chi connectivity index (χ4v) is 3.33. The number of halogens is 1. The topological polar surface area (TPSA) is 51.7 Å². The Morgan fingerprint density at radius 3 is 2.78 bits per heavy atom. The third kappa shape index (κ3) is 4.76. The van der Waals surface area contributed by atoms with Crippen molar-refractivity contribution in [1.29, 1.82) is 0 Å². The molecule has 1 aliphatic heterocycles. The van der Waals surface area contributed by atoms with Crippen molar-refractivity contribution in [2.75, 3.05) is 19.8 Å². The molecule has 1 amide bonds. The van der Waals surface area contributed by atoms with Crippen LogP contribution in [0, 0.1) is 11.7 Å². The number of aromatic nitrogens is 1. The predicted octanol–water partition coefficient (Wildman–Crippen LogP) is 3.94. The van der Waals surface area contributed by atoms with Crippen molar-refractivity contribution in [2.24, 2.45) is 5.92 Å². The lowest BCUT2D eigenvalue weighted by Gasteiger charge is -2.38. The first-order valence-corrected chi connectivity index (χ1v) is 9.35. The smallest absolute Gasteiger partial charge is 0.257 e. The van der Waals surface area contributed by atoms with E-state index in [0.29, 0.717) is 37.0 Å². The Bertz CT molecular complexity index is 766. The minimum Gasteiger partial charge on any atom is -0.493 e. The summed E-state index contributed by atoms with van der Waals surface area (Å²) in [6, 6.07) is 10.4. The summed E-state index contributed by atoms with van der Waals surface area (Å²) in [4.78, 5) is 18.9. The average Bonchev–Trinajstić information content (AvgIpc) is 2.69. The minimum absolute atomic E-state index is 0.0174. The molecule has 0 saturated carbocycles. The summed E-state index contributed by atoms with van der Waals surface area (Å²) in [6.45, 7) is 5.55. The highest BCUT2D eigenvalue weighted by Gasteiger charge is 2.31. The van der Waals surface area contributed by atoms with Crippen LogP contribution in [-0.4, -0.2) is 41.6 Å². The molecule has 2 aromatic rings. The molecule has 27 heavy (non-hydrogen) atoms. The summed E-state index contributed by atoms with van der Waals surface area (Å²) in [7, 11) is 0. The largest absolute Gasteiger partial charge is 0.493 e. The van der Waals surface area contributed by atoms with E-state index < -0.39 is 5.82 Å². The number of carbonyl (C=O) groups is 1. The van der Waals surface area contributed by atoms with E-state index in [-0.39, 0.29) is 17.9 Å². The molecule has 3 rings (SSSR count). The van der Waals surface area contributed by atoms with Gasteiger partial charge in [0.1, 0.15) is 11.6 Å². The number of amides is 1. The lowest BCUT2D eigenvalue weighted by molar-refractivity contribution is 0.0499. The van der Waals surface area contributed by atoms with Crippen LogP contribution in [0.1, 0.15) is 37.0 Å². The third-order valence-corrected chi connectivity index (χ3v) is 4.82. The number of nitrogens with zero attached hydrogens (tertiary/aromatic N) is 2. The molecular formula is C21H25FN2O3. The zero-order valence-electron chi connectivity index (χ0n) is 15.7. The molecule has 1 aromatic carbocycles. The van der Waals surface area contributed by atoms with E-state index in [2.05, 4.69) is 11.9 Å². The summed E-state index contributed by atoms with van der Waals surface area (Å²) in [5.74, 6) is 0.812. The average molecular weight is 372 g/mol. The Labute approximate surface area is 159 Å². The first-order chi connectivity index (χ1) is 13.1. The van der Waals surface area contributed by atoms with Crippen LogP contribution in [0.2, 0.25) is 0 Å². The number of piperidine rings is 1. The molecule has 1 saturated heterocycles. The molecule has 0 bridgehead atoms. The van der Waals surface area contributed by atoms with E-state index in [9.17, 15) is 9.18 Å². The molecule has 1 aliphatic rings. The van der Waals surface area contributed by atoms with Gasteiger partial charge < -0.3 is 14.4 Å². The Morgan fingerprint density at radius 1 is 1.22 bits per heavy atom. The summed E-state index contributed by atoms with van der Waals surface area (Å²) in [5, 5.41) is 0. The van der Waals surface area contributed by atoms with Gasteiger partial charge >= 0.3 is 0 Å². The molecule has 0 spiro atoms. The maximum Gasteiger partial charge on any atom is 0.257 e. The number of benzene rings is 1. The SMILES string of the molecule is CCOc1ccccc1C(=O)N1CC(COc2ccc(F)cn2)CCC1C. The van der Waals surface area contributed by atoms with Crippen molar-refractivity contribution in [3.63, 3.8) is 0 Å². The van der Waals surface area contributed by atoms with E-state index in [4.69, 9.17) is 9.47 Å². The van der Waals surface area contributed by atoms with Crippen LogP contribution in [0.3, 0.4) is 0 Å². The zero-order valence-corrected chi connectivity index (χ0v) is 15.7. The van der Waals surface area contributed by atoms with Crippen molar-refractivity contribution in [2.45, 2.75) is 32.7 Å². The number of pyridine rings is 1. The van der Waals surface area contributed by atoms with Gasteiger partial charge in [0.2, 0.25) is 5.88 Å². The predicted molar refractivity (Wildman–Crippen MR) is 101 cm³/mol. The number of ether oxygens (including phenoxy) is 2. The van der Waals surface area contributed by atoms with E-state index in [1.807, 2.05) is 36.1 Å². The fraction of sp³-hybridized carbons (Fsp3) is 0.429. The molecule has 0 aliphatic carbocycles. The summed E-state index contributed by atoms with van der Waals surface area (Å²) in [5.41, 5.74) is 0.591. The molecule has 1 fully saturated rings. The van der Waals surface area contributed by atoms with Crippen molar-refractivity contribution < 1.29 is 18.7 Å². The molecule has 2 unspecified atom stereocenters. The van der Waals surface area contributed by atoms with Crippen LogP contribution in [-0.2, 0) is 0 Å². The Hall–Kier alpha value is -2.63. The number of hydrogen-bond acceptors (Lipinski definition) is 4. The van der Waals surface area contributed by atoms with Gasteiger partial charge in [0.05, 0.1) is 25.0 Å². The quantitative estimate of drug-likeness (QED) is 0.771.